The van der Waals surface area contributed by atoms with Crippen LogP contribution in [0, 0.1) is 0 Å². The van der Waals surface area contributed by atoms with Gasteiger partial charge in [-0.05, 0) is 0 Å². The SMILES string of the molecule is COC[C@H]1O[C@H](O[C@]2(CO)O[C@H](CO)[C@@H](O)[C@@H]2O)[C@H](O)[C@@H](O)[C@@H]1O.[Zr]. The van der Waals surface area contributed by atoms with Crippen LogP contribution in [0.4, 0.5) is 0 Å². The fourth-order valence-electron chi connectivity index (χ4n) is 2.78. The molecule has 2 heterocycles. The Morgan fingerprint density at radius 3 is 2.04 bits per heavy atom. The van der Waals surface area contributed by atoms with E-state index in [1.807, 2.05) is 0 Å². The Bertz CT molecular complexity index is 415. The van der Waals surface area contributed by atoms with Crippen molar-refractivity contribution in [2.45, 2.75) is 54.8 Å². The van der Waals surface area contributed by atoms with Gasteiger partial charge in [0.2, 0.25) is 5.79 Å². The Kier molecular flexibility index (Phi) is 9.00. The van der Waals surface area contributed by atoms with Gasteiger partial charge in [-0.3, -0.25) is 0 Å². The molecule has 2 aliphatic rings. The molecule has 25 heavy (non-hydrogen) atoms. The molecule has 0 amide bonds. The number of rotatable bonds is 6. The van der Waals surface area contributed by atoms with Gasteiger partial charge in [0.25, 0.3) is 0 Å². The predicted molar refractivity (Wildman–Crippen MR) is 73.4 cm³/mol. The number of hydrogen-bond donors (Lipinski definition) is 7. The topological polar surface area (TPSA) is 179 Å². The van der Waals surface area contributed by atoms with Crippen LogP contribution in [0.3, 0.4) is 0 Å². The average molecular weight is 448 g/mol. The van der Waals surface area contributed by atoms with Crippen LogP contribution in [0.25, 0.3) is 0 Å². The second kappa shape index (κ2) is 9.58. The first-order chi connectivity index (χ1) is 11.3. The van der Waals surface area contributed by atoms with Gasteiger partial charge < -0.3 is 54.7 Å². The smallest absolute Gasteiger partial charge is 0.224 e. The maximum Gasteiger partial charge on any atom is 0.224 e. The van der Waals surface area contributed by atoms with Crippen LogP contribution < -0.4 is 0 Å². The second-order valence-electron chi connectivity index (χ2n) is 5.83. The van der Waals surface area contributed by atoms with E-state index in [4.69, 9.17) is 24.1 Å². The maximum atomic E-state index is 10.1. The second-order valence-corrected chi connectivity index (χ2v) is 5.83. The van der Waals surface area contributed by atoms with E-state index in [9.17, 15) is 30.6 Å². The van der Waals surface area contributed by atoms with E-state index in [2.05, 4.69) is 0 Å². The molecule has 0 radical (unpaired) electrons. The van der Waals surface area contributed by atoms with Crippen LogP contribution >= 0.6 is 0 Å². The largest absolute Gasteiger partial charge is 0.394 e. The van der Waals surface area contributed by atoms with Gasteiger partial charge in [0.05, 0.1) is 13.2 Å². The van der Waals surface area contributed by atoms with Crippen molar-refractivity contribution in [3.63, 3.8) is 0 Å². The molecule has 7 N–H and O–H groups in total. The van der Waals surface area contributed by atoms with Crippen molar-refractivity contribution in [2.24, 2.45) is 0 Å². The molecule has 11 nitrogen and oxygen atoms in total. The summed E-state index contributed by atoms with van der Waals surface area (Å²) in [4.78, 5) is 0. The fourth-order valence-corrected chi connectivity index (χ4v) is 2.78. The Hall–Kier alpha value is 0.443. The molecular formula is C13H24O11Zr. The monoisotopic (exact) mass is 446 g/mol. The third-order valence-corrected chi connectivity index (χ3v) is 4.22. The quantitative estimate of drug-likeness (QED) is 0.208. The van der Waals surface area contributed by atoms with Crippen LogP contribution in [-0.4, -0.2) is 117 Å². The van der Waals surface area contributed by atoms with E-state index in [0.717, 1.165) is 0 Å². The van der Waals surface area contributed by atoms with Crippen molar-refractivity contribution in [1.82, 2.24) is 0 Å². The zero-order valence-corrected chi connectivity index (χ0v) is 16.0. The normalized spacial score (nSPS) is 47.5. The van der Waals surface area contributed by atoms with E-state index in [0.29, 0.717) is 0 Å². The molecule has 0 unspecified atom stereocenters. The minimum Gasteiger partial charge on any atom is -0.394 e. The summed E-state index contributed by atoms with van der Waals surface area (Å²) in [5.41, 5.74) is 0. The van der Waals surface area contributed by atoms with E-state index in [-0.39, 0.29) is 32.8 Å². The number of methoxy groups -OCH3 is 1. The zero-order valence-electron chi connectivity index (χ0n) is 13.5. The third-order valence-electron chi connectivity index (χ3n) is 4.22. The van der Waals surface area contributed by atoms with Crippen LogP contribution in [0.5, 0.6) is 0 Å². The molecule has 146 valence electrons. The van der Waals surface area contributed by atoms with Gasteiger partial charge in [0.15, 0.2) is 6.29 Å². The molecule has 12 heteroatoms. The van der Waals surface area contributed by atoms with Crippen LogP contribution in [0.15, 0.2) is 0 Å². The van der Waals surface area contributed by atoms with Crippen molar-refractivity contribution in [3.8, 4) is 0 Å². The first-order valence-electron chi connectivity index (χ1n) is 7.43. The summed E-state index contributed by atoms with van der Waals surface area (Å²) in [6, 6.07) is 0. The van der Waals surface area contributed by atoms with E-state index < -0.39 is 68.0 Å². The van der Waals surface area contributed by atoms with Gasteiger partial charge in [0, 0.05) is 33.3 Å². The van der Waals surface area contributed by atoms with Gasteiger partial charge in [0.1, 0.15) is 49.3 Å². The third kappa shape index (κ3) is 4.48. The molecule has 2 saturated heterocycles. The maximum absolute atomic E-state index is 10.1. The molecule has 0 spiro atoms. The zero-order chi connectivity index (χ0) is 18.1. The summed E-state index contributed by atoms with van der Waals surface area (Å²) in [6.45, 7) is -1.70. The van der Waals surface area contributed by atoms with E-state index >= 15 is 0 Å². The Labute approximate surface area is 162 Å². The van der Waals surface area contributed by atoms with Gasteiger partial charge >= 0.3 is 0 Å². The van der Waals surface area contributed by atoms with Crippen LogP contribution in [0.2, 0.25) is 0 Å². The minimum absolute atomic E-state index is 0. The average Bonchev–Trinajstić information content (AvgIpc) is 2.82. The summed E-state index contributed by atoms with van der Waals surface area (Å²) in [7, 11) is 1.34. The fraction of sp³-hybridized carbons (Fsp3) is 1.00. The molecule has 9 atom stereocenters. The molecule has 0 aromatic rings. The molecule has 0 aromatic carbocycles. The number of ether oxygens (including phenoxy) is 4. The molecule has 0 saturated carbocycles. The van der Waals surface area contributed by atoms with E-state index in [1.54, 1.807) is 0 Å². The first-order valence-corrected chi connectivity index (χ1v) is 7.43. The van der Waals surface area contributed by atoms with Crippen LogP contribution in [0.1, 0.15) is 0 Å². The van der Waals surface area contributed by atoms with Crippen molar-refractivity contribution < 1.29 is 80.9 Å². The molecular weight excluding hydrogens is 423 g/mol. The van der Waals surface area contributed by atoms with Gasteiger partial charge in [-0.1, -0.05) is 0 Å². The first kappa shape index (κ1) is 23.5. The van der Waals surface area contributed by atoms with Crippen molar-refractivity contribution >= 4 is 0 Å². The Morgan fingerprint density at radius 1 is 0.920 bits per heavy atom. The molecule has 0 aromatic heterocycles. The summed E-state index contributed by atoms with van der Waals surface area (Å²) < 4.78 is 20.7. The molecule has 0 aliphatic carbocycles. The summed E-state index contributed by atoms with van der Waals surface area (Å²) in [5, 5.41) is 68.3. The van der Waals surface area contributed by atoms with Crippen molar-refractivity contribution in [2.75, 3.05) is 26.9 Å². The van der Waals surface area contributed by atoms with Crippen molar-refractivity contribution in [1.29, 1.82) is 0 Å². The van der Waals surface area contributed by atoms with Gasteiger partial charge in [-0.15, -0.1) is 0 Å². The van der Waals surface area contributed by atoms with Gasteiger partial charge in [-0.2, -0.15) is 0 Å². The predicted octanol–water partition coefficient (Wildman–Crippen LogP) is -4.74. The minimum atomic E-state index is -2.18. The van der Waals surface area contributed by atoms with Gasteiger partial charge in [-0.25, -0.2) is 0 Å². The number of aliphatic hydroxyl groups is 7. The number of hydrogen-bond acceptors (Lipinski definition) is 11. The summed E-state index contributed by atoms with van der Waals surface area (Å²) >= 11 is 0. The number of aliphatic hydroxyl groups excluding tert-OH is 7. The van der Waals surface area contributed by atoms with Crippen molar-refractivity contribution in [3.05, 3.63) is 0 Å². The molecule has 2 aliphatic heterocycles. The Balaban J connectivity index is 0.00000312. The van der Waals surface area contributed by atoms with E-state index in [1.165, 1.54) is 7.11 Å². The van der Waals surface area contributed by atoms with Crippen LogP contribution in [-0.2, 0) is 45.2 Å². The molecule has 2 fully saturated rings. The summed E-state index contributed by atoms with van der Waals surface area (Å²) in [6.07, 6.45) is -12.0. The Morgan fingerprint density at radius 2 is 1.56 bits per heavy atom. The molecule has 0 bridgehead atoms. The molecule has 2 rings (SSSR count). The standard InChI is InChI=1S/C13H24O11.Zr/c1-21-3-6-7(16)9(18)10(19)12(22-6)24-13(4-15)11(20)8(17)5(2-14)23-13;/h5-12,14-20H,2-4H2,1H3;/t5-,6-,7-,8-,9+,10-,11+,12-,13+;/m1./s1. The summed E-state index contributed by atoms with van der Waals surface area (Å²) in [5.74, 6) is -2.18.